The molecule has 1 atom stereocenters. The predicted molar refractivity (Wildman–Crippen MR) is 101 cm³/mol. The summed E-state index contributed by atoms with van der Waals surface area (Å²) in [5, 5.41) is 7.78. The van der Waals surface area contributed by atoms with Gasteiger partial charge in [-0.2, -0.15) is 0 Å². The molecule has 0 saturated carbocycles. The largest absolute Gasteiger partial charge is 0.379 e. The van der Waals surface area contributed by atoms with Crippen molar-refractivity contribution in [3.05, 3.63) is 68.7 Å². The number of carbonyl (C=O) groups excluding carboxylic acids is 1. The van der Waals surface area contributed by atoms with E-state index in [9.17, 15) is 9.59 Å². The molecule has 1 aliphatic heterocycles. The van der Waals surface area contributed by atoms with E-state index >= 15 is 0 Å². The third-order valence-electron chi connectivity index (χ3n) is 4.44. The number of aromatic amines is 1. The van der Waals surface area contributed by atoms with E-state index in [0.717, 1.165) is 27.4 Å². The van der Waals surface area contributed by atoms with Crippen LogP contribution in [0.25, 0.3) is 11.8 Å². The van der Waals surface area contributed by atoms with E-state index in [1.54, 1.807) is 18.9 Å². The van der Waals surface area contributed by atoms with Gasteiger partial charge in [0.25, 0.3) is 5.56 Å². The molecule has 0 fully saturated rings. The molecule has 0 bridgehead atoms. The van der Waals surface area contributed by atoms with Crippen LogP contribution in [-0.4, -0.2) is 15.9 Å². The summed E-state index contributed by atoms with van der Waals surface area (Å²) in [4.78, 5) is 31.8. The normalized spacial score (nSPS) is 14.1. The Morgan fingerprint density at radius 3 is 2.92 bits per heavy atom. The Morgan fingerprint density at radius 1 is 1.40 bits per heavy atom. The monoisotopic (exact) mass is 341 g/mol. The number of rotatable bonds is 4. The number of hydrogen-bond donors (Lipinski definition) is 3. The summed E-state index contributed by atoms with van der Waals surface area (Å²) in [5.41, 5.74) is 2.98. The van der Waals surface area contributed by atoms with Crippen LogP contribution in [0.4, 0.5) is 0 Å². The second-order valence-electron chi connectivity index (χ2n) is 6.20. The van der Waals surface area contributed by atoms with Crippen LogP contribution in [0.1, 0.15) is 39.4 Å². The van der Waals surface area contributed by atoms with Crippen LogP contribution in [0.15, 0.2) is 29.3 Å². The Kier molecular flexibility index (Phi) is 4.70. The highest BCUT2D eigenvalue weighted by molar-refractivity contribution is 5.79. The maximum absolute atomic E-state index is 12.4. The molecule has 3 heterocycles. The topological polar surface area (TPSA) is 86.9 Å². The predicted octanol–water partition coefficient (Wildman–Crippen LogP) is 0.664. The fraction of sp³-hybridized carbons (Fsp3) is 0.263. The highest BCUT2D eigenvalue weighted by atomic mass is 16.2. The summed E-state index contributed by atoms with van der Waals surface area (Å²) >= 11 is 0. The van der Waals surface area contributed by atoms with E-state index in [0.29, 0.717) is 5.56 Å². The number of amides is 1. The minimum atomic E-state index is -0.222. The van der Waals surface area contributed by atoms with Gasteiger partial charge in [0.15, 0.2) is 0 Å². The molecule has 133 valence electrons. The lowest BCUT2D eigenvalue weighted by Gasteiger charge is -2.16. The molecule has 2 aromatic rings. The number of nitrogens with one attached hydrogen (secondary N) is 3. The molecule has 0 aliphatic carbocycles. The Bertz CT molecular complexity index is 987. The van der Waals surface area contributed by atoms with Crippen molar-refractivity contribution >= 4 is 17.7 Å². The minimum Gasteiger partial charge on any atom is -0.379 e. The van der Waals surface area contributed by atoms with E-state index < -0.39 is 0 Å². The molecule has 0 spiro atoms. The molecule has 6 heteroatoms. The first-order chi connectivity index (χ1) is 12.0. The number of aromatic nitrogens is 2. The van der Waals surface area contributed by atoms with Crippen LogP contribution in [0.5, 0.6) is 0 Å². The third kappa shape index (κ3) is 3.47. The molecular weight excluding hydrogens is 316 g/mol. The molecular formula is C19H25N4O2. The van der Waals surface area contributed by atoms with Crippen molar-refractivity contribution in [1.29, 1.82) is 0 Å². The van der Waals surface area contributed by atoms with Gasteiger partial charge in [-0.05, 0) is 44.0 Å². The number of nitrogens with zero attached hydrogens (tertiary/aromatic N) is 1. The van der Waals surface area contributed by atoms with Crippen molar-refractivity contribution < 1.29 is 7.65 Å². The van der Waals surface area contributed by atoms with Gasteiger partial charge in [0, 0.05) is 37.1 Å². The molecule has 0 aromatic carbocycles. The number of carbonyl (C=O) groups is 1. The summed E-state index contributed by atoms with van der Waals surface area (Å²) in [7, 11) is 0. The molecule has 3 rings (SSSR count). The maximum Gasteiger partial charge on any atom is 0.252 e. The summed E-state index contributed by atoms with van der Waals surface area (Å²) in [6, 6.07) is 3.57. The van der Waals surface area contributed by atoms with E-state index in [2.05, 4.69) is 20.6 Å². The minimum absolute atomic E-state index is 0. The molecule has 3 N–H and O–H groups in total. The first kappa shape index (κ1) is 17.0. The van der Waals surface area contributed by atoms with E-state index in [1.807, 2.05) is 39.0 Å². The zero-order chi connectivity index (χ0) is 18.0. The maximum atomic E-state index is 12.4. The van der Waals surface area contributed by atoms with Gasteiger partial charge in [0.2, 0.25) is 5.91 Å². The summed E-state index contributed by atoms with van der Waals surface area (Å²) in [5.74, 6) is -0.193. The van der Waals surface area contributed by atoms with Gasteiger partial charge in [0.05, 0.1) is 19.0 Å². The van der Waals surface area contributed by atoms with Gasteiger partial charge in [-0.25, -0.2) is 0 Å². The fourth-order valence-corrected chi connectivity index (χ4v) is 3.10. The summed E-state index contributed by atoms with van der Waals surface area (Å²) in [6.45, 7) is 7.51. The van der Waals surface area contributed by atoms with Crippen LogP contribution in [0.3, 0.4) is 0 Å². The molecule has 25 heavy (non-hydrogen) atoms. The van der Waals surface area contributed by atoms with Crippen molar-refractivity contribution in [2.24, 2.45) is 0 Å². The third-order valence-corrected chi connectivity index (χ3v) is 4.44. The highest BCUT2D eigenvalue weighted by Gasteiger charge is 2.16. The van der Waals surface area contributed by atoms with Gasteiger partial charge in [-0.3, -0.25) is 14.6 Å². The quantitative estimate of drug-likeness (QED) is 0.763. The van der Waals surface area contributed by atoms with Gasteiger partial charge in [-0.1, -0.05) is 6.07 Å². The highest BCUT2D eigenvalue weighted by Crippen LogP contribution is 2.10. The van der Waals surface area contributed by atoms with Crippen molar-refractivity contribution in [3.63, 3.8) is 0 Å². The zero-order valence-electron chi connectivity index (χ0n) is 14.5. The molecule has 6 nitrogen and oxygen atoms in total. The molecule has 0 unspecified atom stereocenters. The number of hydrogen-bond acceptors (Lipinski definition) is 4. The summed E-state index contributed by atoms with van der Waals surface area (Å²) < 4.78 is 0. The van der Waals surface area contributed by atoms with Crippen LogP contribution < -0.4 is 26.8 Å². The van der Waals surface area contributed by atoms with Crippen LogP contribution in [0.2, 0.25) is 0 Å². The first-order valence-corrected chi connectivity index (χ1v) is 8.19. The van der Waals surface area contributed by atoms with Crippen molar-refractivity contribution in [1.82, 2.24) is 20.6 Å². The average molecular weight is 341 g/mol. The molecule has 1 amide bonds. The van der Waals surface area contributed by atoms with Crippen molar-refractivity contribution in [3.8, 4) is 0 Å². The van der Waals surface area contributed by atoms with E-state index in [4.69, 9.17) is 0 Å². The van der Waals surface area contributed by atoms with Crippen LogP contribution >= 0.6 is 0 Å². The first-order valence-electron chi connectivity index (χ1n) is 8.19. The van der Waals surface area contributed by atoms with Gasteiger partial charge in [-0.15, -0.1) is 0 Å². The Labute approximate surface area is 148 Å². The average Bonchev–Trinajstić information content (AvgIpc) is 2.59. The standard InChI is InChI=1S/C19H21N4O2.2H2/c1-11-15(19(25)23-16-6-8-21-13(3)18(11)16)9-17(24)22-12(2)14-5-4-7-20-10-14;;/h4-8,10,12,21H,9H2,1-3H3,(H,22,24)(H,23,25);2*1H/t12-;;/m0../s1. The molecule has 0 saturated heterocycles. The van der Waals surface area contributed by atoms with Gasteiger partial charge >= 0.3 is 0 Å². The Morgan fingerprint density at radius 2 is 2.20 bits per heavy atom. The molecule has 2 aromatic heterocycles. The SMILES string of the molecule is CC1=c2c(C)c(CC(=O)N[C@@H](C)c3cccnc3)c(=O)[nH]c2=C[CH]N1.[HH].[HH]. The fourth-order valence-electron chi connectivity index (χ4n) is 3.10. The second kappa shape index (κ2) is 6.93. The van der Waals surface area contributed by atoms with Crippen LogP contribution in [0, 0.1) is 13.5 Å². The smallest absolute Gasteiger partial charge is 0.252 e. The lowest BCUT2D eigenvalue weighted by Crippen LogP contribution is -2.45. The van der Waals surface area contributed by atoms with E-state index in [-0.39, 0.29) is 26.8 Å². The van der Waals surface area contributed by atoms with Gasteiger partial charge in [0.1, 0.15) is 0 Å². The Balaban J connectivity index is 0.00000182. The van der Waals surface area contributed by atoms with Crippen LogP contribution in [-0.2, 0) is 11.2 Å². The number of H-pyrrole nitrogens is 1. The summed E-state index contributed by atoms with van der Waals surface area (Å²) in [6.07, 6.45) is 5.27. The Hall–Kier alpha value is -2.89. The van der Waals surface area contributed by atoms with Gasteiger partial charge < -0.3 is 15.6 Å². The number of fused-ring (bicyclic) bond motifs is 1. The van der Waals surface area contributed by atoms with Crippen molar-refractivity contribution in [2.75, 3.05) is 0 Å². The lowest BCUT2D eigenvalue weighted by molar-refractivity contribution is -0.121. The lowest BCUT2D eigenvalue weighted by atomic mass is 10.0. The molecule has 1 aliphatic rings. The van der Waals surface area contributed by atoms with E-state index in [1.165, 1.54) is 0 Å². The number of pyridine rings is 2. The zero-order valence-corrected chi connectivity index (χ0v) is 14.5. The second-order valence-corrected chi connectivity index (χ2v) is 6.20. The van der Waals surface area contributed by atoms with Crippen molar-refractivity contribution in [2.45, 2.75) is 33.2 Å². The molecule has 1 radical (unpaired) electrons.